The first-order chi connectivity index (χ1) is 14.6. The molecule has 2 aliphatic heterocycles. The van der Waals surface area contributed by atoms with Crippen LogP contribution >= 0.6 is 0 Å². The third kappa shape index (κ3) is 5.03. The van der Waals surface area contributed by atoms with Crippen molar-refractivity contribution in [3.8, 4) is 0 Å². The van der Waals surface area contributed by atoms with Crippen LogP contribution in [0, 0.1) is 11.8 Å². The summed E-state index contributed by atoms with van der Waals surface area (Å²) in [5, 5.41) is 0. The van der Waals surface area contributed by atoms with Crippen LogP contribution in [-0.4, -0.2) is 69.0 Å². The summed E-state index contributed by atoms with van der Waals surface area (Å²) in [6.45, 7) is 0.0410. The largest absolute Gasteiger partial charge is 0.465 e. The summed E-state index contributed by atoms with van der Waals surface area (Å²) in [6, 6.07) is 5.72. The summed E-state index contributed by atoms with van der Waals surface area (Å²) in [5.41, 5.74) is -0.0743. The second kappa shape index (κ2) is 9.15. The van der Waals surface area contributed by atoms with Gasteiger partial charge < -0.3 is 9.64 Å². The SMILES string of the molecule is COC(=O)c1ccccc1S(=O)(=O)N1CCC(C(=O)N2CCCC(C(F)(F)F)C2)CC1. The van der Waals surface area contributed by atoms with Gasteiger partial charge in [0.05, 0.1) is 23.5 Å². The van der Waals surface area contributed by atoms with Crippen molar-refractivity contribution in [1.82, 2.24) is 9.21 Å². The molecule has 31 heavy (non-hydrogen) atoms. The fourth-order valence-corrected chi connectivity index (χ4v) is 5.80. The minimum atomic E-state index is -4.33. The molecule has 0 spiro atoms. The number of hydrogen-bond acceptors (Lipinski definition) is 5. The van der Waals surface area contributed by atoms with Gasteiger partial charge in [-0.1, -0.05) is 12.1 Å². The molecular formula is C20H25F3N2O5S. The van der Waals surface area contributed by atoms with E-state index in [1.165, 1.54) is 33.5 Å². The van der Waals surface area contributed by atoms with E-state index in [4.69, 9.17) is 0 Å². The zero-order chi connectivity index (χ0) is 22.8. The number of alkyl halides is 3. The van der Waals surface area contributed by atoms with E-state index in [9.17, 15) is 31.2 Å². The Kier molecular flexibility index (Phi) is 6.95. The van der Waals surface area contributed by atoms with Gasteiger partial charge in [-0.25, -0.2) is 13.2 Å². The number of carbonyl (C=O) groups is 2. The number of carbonyl (C=O) groups excluding carboxylic acids is 2. The number of amides is 1. The fraction of sp³-hybridized carbons (Fsp3) is 0.600. The van der Waals surface area contributed by atoms with Crippen LogP contribution in [0.25, 0.3) is 0 Å². The molecule has 1 aromatic rings. The van der Waals surface area contributed by atoms with Crippen molar-refractivity contribution in [1.29, 1.82) is 0 Å². The molecule has 2 aliphatic rings. The maximum atomic E-state index is 13.1. The van der Waals surface area contributed by atoms with Gasteiger partial charge in [-0.15, -0.1) is 0 Å². The lowest BCUT2D eigenvalue weighted by atomic mass is 9.92. The molecule has 0 bridgehead atoms. The molecule has 0 aromatic heterocycles. The predicted molar refractivity (Wildman–Crippen MR) is 105 cm³/mol. The number of piperidine rings is 2. The van der Waals surface area contributed by atoms with Crippen LogP contribution in [0.5, 0.6) is 0 Å². The number of ether oxygens (including phenoxy) is 1. The lowest BCUT2D eigenvalue weighted by molar-refractivity contribution is -0.188. The topological polar surface area (TPSA) is 84.0 Å². The minimum absolute atomic E-state index is 0.0174. The normalized spacial score (nSPS) is 21.7. The lowest BCUT2D eigenvalue weighted by Crippen LogP contribution is -2.49. The molecule has 0 N–H and O–H groups in total. The molecule has 0 radical (unpaired) electrons. The molecule has 0 aliphatic carbocycles. The van der Waals surface area contributed by atoms with Gasteiger partial charge >= 0.3 is 12.1 Å². The standard InChI is InChI=1S/C20H25F3N2O5S/c1-30-19(27)16-6-2-3-7-17(16)31(28,29)25-11-8-14(9-12-25)18(26)24-10-4-5-15(13-24)20(21,22)23/h2-3,6-7,14-15H,4-5,8-13H2,1H3. The Morgan fingerprint density at radius 1 is 1.06 bits per heavy atom. The number of rotatable bonds is 4. The molecule has 11 heteroatoms. The third-order valence-corrected chi connectivity index (χ3v) is 7.87. The Balaban J connectivity index is 1.67. The smallest absolute Gasteiger partial charge is 0.393 e. The maximum Gasteiger partial charge on any atom is 0.393 e. The molecule has 1 aromatic carbocycles. The highest BCUT2D eigenvalue weighted by molar-refractivity contribution is 7.89. The minimum Gasteiger partial charge on any atom is -0.465 e. The Bertz CT molecular complexity index is 927. The number of sulfonamides is 1. The van der Waals surface area contributed by atoms with Crippen molar-refractivity contribution >= 4 is 21.9 Å². The number of hydrogen-bond donors (Lipinski definition) is 0. The van der Waals surface area contributed by atoms with Crippen LogP contribution in [0.3, 0.4) is 0 Å². The van der Waals surface area contributed by atoms with Crippen molar-refractivity contribution in [3.05, 3.63) is 29.8 Å². The van der Waals surface area contributed by atoms with Gasteiger partial charge in [-0.2, -0.15) is 17.5 Å². The van der Waals surface area contributed by atoms with E-state index in [0.717, 1.165) is 7.11 Å². The molecule has 2 saturated heterocycles. The van der Waals surface area contributed by atoms with E-state index in [0.29, 0.717) is 6.42 Å². The number of nitrogens with zero attached hydrogens (tertiary/aromatic N) is 2. The first-order valence-corrected chi connectivity index (χ1v) is 11.5. The summed E-state index contributed by atoms with van der Waals surface area (Å²) >= 11 is 0. The first kappa shape index (κ1) is 23.5. The Hall–Kier alpha value is -2.14. The van der Waals surface area contributed by atoms with Crippen molar-refractivity contribution < 1.29 is 35.9 Å². The van der Waals surface area contributed by atoms with Gasteiger partial charge in [-0.3, -0.25) is 4.79 Å². The highest BCUT2D eigenvalue weighted by Crippen LogP contribution is 2.34. The van der Waals surface area contributed by atoms with Gasteiger partial charge in [0.25, 0.3) is 0 Å². The van der Waals surface area contributed by atoms with Gasteiger partial charge in [0.1, 0.15) is 0 Å². The maximum absolute atomic E-state index is 13.1. The summed E-state index contributed by atoms with van der Waals surface area (Å²) in [4.78, 5) is 25.8. The summed E-state index contributed by atoms with van der Waals surface area (Å²) in [7, 11) is -2.83. The number of benzene rings is 1. The molecule has 2 fully saturated rings. The second-order valence-corrected chi connectivity index (χ2v) is 9.74. The van der Waals surface area contributed by atoms with Crippen molar-refractivity contribution in [2.24, 2.45) is 11.8 Å². The number of esters is 1. The van der Waals surface area contributed by atoms with Crippen LogP contribution in [0.15, 0.2) is 29.2 Å². The molecule has 0 saturated carbocycles. The quantitative estimate of drug-likeness (QED) is 0.643. The Labute approximate surface area is 179 Å². The number of halogens is 3. The fourth-order valence-electron chi connectivity index (χ4n) is 4.16. The summed E-state index contributed by atoms with van der Waals surface area (Å²) in [5.74, 6) is -3.15. The predicted octanol–water partition coefficient (Wildman–Crippen LogP) is 2.67. The Morgan fingerprint density at radius 3 is 2.32 bits per heavy atom. The van der Waals surface area contributed by atoms with E-state index >= 15 is 0 Å². The monoisotopic (exact) mass is 462 g/mol. The molecule has 3 rings (SSSR count). The average molecular weight is 462 g/mol. The van der Waals surface area contributed by atoms with Crippen molar-refractivity contribution in [3.63, 3.8) is 0 Å². The second-order valence-electron chi connectivity index (χ2n) is 7.83. The molecule has 1 unspecified atom stereocenters. The van der Waals surface area contributed by atoms with E-state index in [1.807, 2.05) is 0 Å². The highest BCUT2D eigenvalue weighted by Gasteiger charge is 2.44. The zero-order valence-electron chi connectivity index (χ0n) is 17.1. The number of likely N-dealkylation sites (tertiary alicyclic amines) is 1. The van der Waals surface area contributed by atoms with E-state index < -0.39 is 34.0 Å². The van der Waals surface area contributed by atoms with E-state index in [-0.39, 0.29) is 61.8 Å². The molecule has 2 heterocycles. The van der Waals surface area contributed by atoms with E-state index in [2.05, 4.69) is 4.74 Å². The van der Waals surface area contributed by atoms with E-state index in [1.54, 1.807) is 0 Å². The van der Waals surface area contributed by atoms with Crippen LogP contribution in [0.2, 0.25) is 0 Å². The van der Waals surface area contributed by atoms with Crippen LogP contribution in [0.1, 0.15) is 36.0 Å². The number of methoxy groups -OCH3 is 1. The van der Waals surface area contributed by atoms with Crippen LogP contribution in [-0.2, 0) is 19.6 Å². The van der Waals surface area contributed by atoms with Crippen molar-refractivity contribution in [2.45, 2.75) is 36.8 Å². The Morgan fingerprint density at radius 2 is 1.71 bits per heavy atom. The van der Waals surface area contributed by atoms with Gasteiger partial charge in [0.15, 0.2) is 0 Å². The molecule has 1 atom stereocenters. The van der Waals surface area contributed by atoms with Crippen LogP contribution < -0.4 is 0 Å². The lowest BCUT2D eigenvalue weighted by Gasteiger charge is -2.38. The summed E-state index contributed by atoms with van der Waals surface area (Å²) in [6.07, 6.45) is -3.59. The molecule has 172 valence electrons. The van der Waals surface area contributed by atoms with Gasteiger partial charge in [0.2, 0.25) is 15.9 Å². The zero-order valence-corrected chi connectivity index (χ0v) is 17.9. The van der Waals surface area contributed by atoms with Crippen molar-refractivity contribution in [2.75, 3.05) is 33.3 Å². The molecule has 7 nitrogen and oxygen atoms in total. The summed E-state index contributed by atoms with van der Waals surface area (Å²) < 4.78 is 71.1. The van der Waals surface area contributed by atoms with Crippen LogP contribution in [0.4, 0.5) is 13.2 Å². The average Bonchev–Trinajstić information content (AvgIpc) is 2.77. The first-order valence-electron chi connectivity index (χ1n) is 10.1. The third-order valence-electron chi connectivity index (χ3n) is 5.91. The van der Waals surface area contributed by atoms with Gasteiger partial charge in [0, 0.05) is 32.1 Å². The molecular weight excluding hydrogens is 437 g/mol. The molecule has 1 amide bonds. The van der Waals surface area contributed by atoms with Gasteiger partial charge in [-0.05, 0) is 37.8 Å². The highest BCUT2D eigenvalue weighted by atomic mass is 32.2.